The number of alkyl halides is 3. The van der Waals surface area contributed by atoms with Crippen LogP contribution in [0.4, 0.5) is 18.3 Å². The van der Waals surface area contributed by atoms with Crippen LogP contribution in [-0.4, -0.2) is 78.1 Å². The second kappa shape index (κ2) is 13.0. The van der Waals surface area contributed by atoms with Crippen molar-refractivity contribution < 1.29 is 22.7 Å². The van der Waals surface area contributed by atoms with Crippen molar-refractivity contribution in [2.24, 2.45) is 10.9 Å². The molecule has 0 radical (unpaired) electrons. The first-order valence-electron chi connectivity index (χ1n) is 14.4. The summed E-state index contributed by atoms with van der Waals surface area (Å²) in [7, 11) is 2.01. The van der Waals surface area contributed by atoms with E-state index in [0.29, 0.717) is 43.6 Å². The molecule has 2 aliphatic carbocycles. The molecule has 0 bridgehead atoms. The quantitative estimate of drug-likeness (QED) is 0.287. The number of nitrogens with zero attached hydrogens (tertiary/aromatic N) is 4. The summed E-state index contributed by atoms with van der Waals surface area (Å²) in [5.74, 6) is -0.362. The van der Waals surface area contributed by atoms with Crippen molar-refractivity contribution in [1.82, 2.24) is 14.8 Å². The van der Waals surface area contributed by atoms with Gasteiger partial charge >= 0.3 is 6.18 Å². The van der Waals surface area contributed by atoms with Crippen LogP contribution < -0.4 is 5.32 Å². The van der Waals surface area contributed by atoms with E-state index in [9.17, 15) is 18.0 Å². The van der Waals surface area contributed by atoms with Gasteiger partial charge in [-0.05, 0) is 49.8 Å². The molecule has 7 nitrogen and oxygen atoms in total. The number of benzene rings is 1. The highest BCUT2D eigenvalue weighted by Crippen LogP contribution is 2.35. The van der Waals surface area contributed by atoms with Gasteiger partial charge in [-0.3, -0.25) is 14.7 Å². The van der Waals surface area contributed by atoms with Crippen LogP contribution in [0.1, 0.15) is 56.9 Å². The number of anilines is 1. The maximum Gasteiger partial charge on any atom is 0.390 e. The molecule has 11 heteroatoms. The van der Waals surface area contributed by atoms with Crippen LogP contribution in [0.5, 0.6) is 0 Å². The Balaban J connectivity index is 1.15. The Morgan fingerprint density at radius 2 is 2.05 bits per heavy atom. The molecular formula is C30H38F3N5O2S. The molecule has 0 spiro atoms. The van der Waals surface area contributed by atoms with Gasteiger partial charge in [0.25, 0.3) is 0 Å². The van der Waals surface area contributed by atoms with E-state index in [0.717, 1.165) is 34.2 Å². The number of nitrogens with one attached hydrogen (secondary N) is 1. The molecule has 2 heterocycles. The summed E-state index contributed by atoms with van der Waals surface area (Å²) in [5, 5.41) is 3.46. The second-order valence-corrected chi connectivity index (χ2v) is 12.3. The standard InChI is InChI=1S/C30H38F3N5O2S/c1-3-4-12-38(13-11-30(31,32)33)23-14-21(15-23)28(39)36-29-35-25-10-9-20(16-26(25)41-29)22-17-34-27(37(2)18-22)19-40-24-7-5-6-8-24/h3,9-10,16-18,21,23-24,27H,1,4-8,11-15,19H2,2H3,(H,35,36,39). The number of hydrogen-bond donors (Lipinski definition) is 1. The summed E-state index contributed by atoms with van der Waals surface area (Å²) in [6.45, 7) is 4.72. The molecule has 1 atom stereocenters. The van der Waals surface area contributed by atoms with Gasteiger partial charge in [-0.2, -0.15) is 13.2 Å². The first kappa shape index (κ1) is 29.7. The van der Waals surface area contributed by atoms with Crippen LogP contribution in [0.15, 0.2) is 42.0 Å². The van der Waals surface area contributed by atoms with Crippen molar-refractivity contribution in [3.63, 3.8) is 0 Å². The van der Waals surface area contributed by atoms with Gasteiger partial charge in [0.2, 0.25) is 5.91 Å². The SMILES string of the molecule is C=CCCN(CCC(F)(F)F)C1CC(C(=O)Nc2nc3ccc(C4=CN(C)C(COC5CCCC5)N=C4)cc3s2)C1. The Hall–Kier alpha value is -2.76. The largest absolute Gasteiger partial charge is 0.390 e. The lowest BCUT2D eigenvalue weighted by molar-refractivity contribution is -0.142. The van der Waals surface area contributed by atoms with E-state index in [2.05, 4.69) is 34.0 Å². The zero-order chi connectivity index (χ0) is 29.0. The molecule has 5 rings (SSSR count). The van der Waals surface area contributed by atoms with Gasteiger partial charge in [-0.25, -0.2) is 4.98 Å². The van der Waals surface area contributed by atoms with Crippen molar-refractivity contribution in [3.8, 4) is 0 Å². The minimum atomic E-state index is -4.19. The number of rotatable bonds is 12. The summed E-state index contributed by atoms with van der Waals surface area (Å²) in [6.07, 6.45) is 7.46. The molecule has 3 aliphatic rings. The molecule has 2 saturated carbocycles. The van der Waals surface area contributed by atoms with Crippen molar-refractivity contribution >= 4 is 44.4 Å². The molecule has 1 aliphatic heterocycles. The van der Waals surface area contributed by atoms with E-state index < -0.39 is 12.6 Å². The first-order chi connectivity index (χ1) is 19.7. The lowest BCUT2D eigenvalue weighted by atomic mass is 9.78. The monoisotopic (exact) mass is 589 g/mol. The number of fused-ring (bicyclic) bond motifs is 1. The molecule has 222 valence electrons. The molecule has 0 saturated heterocycles. The van der Waals surface area contributed by atoms with Crippen LogP contribution >= 0.6 is 11.3 Å². The molecular weight excluding hydrogens is 551 g/mol. The molecule has 2 fully saturated rings. The average Bonchev–Trinajstić information content (AvgIpc) is 3.56. The molecule has 1 aromatic carbocycles. The third-order valence-electron chi connectivity index (χ3n) is 8.24. The lowest BCUT2D eigenvalue weighted by Gasteiger charge is -2.42. The average molecular weight is 590 g/mol. The summed E-state index contributed by atoms with van der Waals surface area (Å²) in [5.41, 5.74) is 2.82. The number of carbonyl (C=O) groups is 1. The van der Waals surface area contributed by atoms with E-state index in [1.54, 1.807) is 6.08 Å². The van der Waals surface area contributed by atoms with Gasteiger partial charge in [-0.1, -0.05) is 36.3 Å². The Labute approximate surface area is 243 Å². The topological polar surface area (TPSA) is 70.1 Å². The van der Waals surface area contributed by atoms with Crippen LogP contribution in [0.2, 0.25) is 0 Å². The summed E-state index contributed by atoms with van der Waals surface area (Å²) >= 11 is 1.41. The van der Waals surface area contributed by atoms with Gasteiger partial charge < -0.3 is 15.0 Å². The number of hydrogen-bond acceptors (Lipinski definition) is 7. The normalized spacial score (nSPS) is 23.2. The van der Waals surface area contributed by atoms with Crippen LogP contribution in [0, 0.1) is 5.92 Å². The van der Waals surface area contributed by atoms with Gasteiger partial charge in [0, 0.05) is 50.1 Å². The number of allylic oxidation sites excluding steroid dienone is 1. The summed E-state index contributed by atoms with van der Waals surface area (Å²) < 4.78 is 45.3. The van der Waals surface area contributed by atoms with E-state index in [-0.39, 0.29) is 30.6 Å². The van der Waals surface area contributed by atoms with E-state index >= 15 is 0 Å². The molecule has 1 N–H and O–H groups in total. The molecule has 1 aromatic heterocycles. The van der Waals surface area contributed by atoms with Gasteiger partial charge in [0.15, 0.2) is 5.13 Å². The van der Waals surface area contributed by atoms with E-state index in [1.165, 1.54) is 24.2 Å². The van der Waals surface area contributed by atoms with Gasteiger partial charge in [0.1, 0.15) is 6.17 Å². The zero-order valence-corrected chi connectivity index (χ0v) is 24.2. The summed E-state index contributed by atoms with van der Waals surface area (Å²) in [4.78, 5) is 26.1. The van der Waals surface area contributed by atoms with Crippen LogP contribution in [0.25, 0.3) is 15.8 Å². The van der Waals surface area contributed by atoms with Crippen molar-refractivity contribution in [3.05, 3.63) is 42.6 Å². The van der Waals surface area contributed by atoms with Gasteiger partial charge in [-0.15, -0.1) is 6.58 Å². The number of aromatic nitrogens is 1. The number of amides is 1. The highest BCUT2D eigenvalue weighted by atomic mass is 32.1. The van der Waals surface area contributed by atoms with Crippen molar-refractivity contribution in [1.29, 1.82) is 0 Å². The van der Waals surface area contributed by atoms with Crippen molar-refractivity contribution in [2.45, 2.75) is 75.9 Å². The first-order valence-corrected chi connectivity index (χ1v) is 15.2. The third-order valence-corrected chi connectivity index (χ3v) is 9.17. The predicted molar refractivity (Wildman–Crippen MR) is 158 cm³/mol. The molecule has 1 amide bonds. The highest BCUT2D eigenvalue weighted by Gasteiger charge is 2.39. The lowest BCUT2D eigenvalue weighted by Crippen LogP contribution is -2.49. The van der Waals surface area contributed by atoms with E-state index in [4.69, 9.17) is 9.73 Å². The van der Waals surface area contributed by atoms with Crippen LogP contribution in [0.3, 0.4) is 0 Å². The Bertz CT molecular complexity index is 1280. The number of ether oxygens (including phenoxy) is 1. The minimum Gasteiger partial charge on any atom is -0.374 e. The Morgan fingerprint density at radius 1 is 1.27 bits per heavy atom. The number of aliphatic imine (C=N–C) groups is 1. The molecule has 2 aromatic rings. The molecule has 41 heavy (non-hydrogen) atoms. The Kier molecular flexibility index (Phi) is 9.45. The van der Waals surface area contributed by atoms with Crippen molar-refractivity contribution in [2.75, 3.05) is 32.1 Å². The third kappa shape index (κ3) is 7.75. The van der Waals surface area contributed by atoms with E-state index in [1.807, 2.05) is 30.3 Å². The van der Waals surface area contributed by atoms with Crippen LogP contribution in [-0.2, 0) is 9.53 Å². The second-order valence-electron chi connectivity index (χ2n) is 11.2. The van der Waals surface area contributed by atoms with Gasteiger partial charge in [0.05, 0.1) is 29.3 Å². The molecule has 1 unspecified atom stereocenters. The maximum absolute atomic E-state index is 12.9. The fraction of sp³-hybridized carbons (Fsp3) is 0.567. The summed E-state index contributed by atoms with van der Waals surface area (Å²) in [6, 6.07) is 5.98. The Morgan fingerprint density at radius 3 is 2.76 bits per heavy atom. The maximum atomic E-state index is 12.9. The number of thiazole rings is 1. The number of carbonyl (C=O) groups excluding carboxylic acids is 1. The predicted octanol–water partition coefficient (Wildman–Crippen LogP) is 6.49. The highest BCUT2D eigenvalue weighted by molar-refractivity contribution is 7.22. The fourth-order valence-corrected chi connectivity index (χ4v) is 6.57. The number of halogens is 3. The smallest absolute Gasteiger partial charge is 0.374 e. The number of likely N-dealkylation sites (N-methyl/N-ethyl adjacent to an activating group) is 1. The zero-order valence-electron chi connectivity index (χ0n) is 23.4. The minimum absolute atomic E-state index is 0.0246. The fourth-order valence-electron chi connectivity index (χ4n) is 5.67.